The lowest BCUT2D eigenvalue weighted by Crippen LogP contribution is -2.27. The summed E-state index contributed by atoms with van der Waals surface area (Å²) in [4.78, 5) is 17.3. The number of anilines is 2. The summed E-state index contributed by atoms with van der Waals surface area (Å²) in [7, 11) is 0. The van der Waals surface area contributed by atoms with E-state index in [2.05, 4.69) is 16.4 Å². The zero-order valence-electron chi connectivity index (χ0n) is 16.2. The molecule has 0 aliphatic rings. The topological polar surface area (TPSA) is 86.5 Å². The molecule has 3 N–H and O–H groups in total. The van der Waals surface area contributed by atoms with Crippen molar-refractivity contribution in [2.45, 2.75) is 44.3 Å². The number of thioether (sulfide) groups is 1. The summed E-state index contributed by atoms with van der Waals surface area (Å²) >= 11 is 1.63. The van der Waals surface area contributed by atoms with Gasteiger partial charge in [0.15, 0.2) is 0 Å². The predicted octanol–water partition coefficient (Wildman–Crippen LogP) is 4.49. The van der Waals surface area contributed by atoms with Gasteiger partial charge in [-0.25, -0.2) is 9.78 Å². The first-order valence-corrected chi connectivity index (χ1v) is 9.95. The molecule has 7 heteroatoms. The number of ether oxygens (including phenoxy) is 2. The van der Waals surface area contributed by atoms with Crippen molar-refractivity contribution in [2.24, 2.45) is 0 Å². The monoisotopic (exact) mass is 389 g/mol. The van der Waals surface area contributed by atoms with Gasteiger partial charge >= 0.3 is 6.09 Å². The standard InChI is InChI=1S/C20H27N3O3S/c1-20(2,3)26-19(24)23-18-7-5-6-15(22-18)13-25-11-10-14-8-9-17(27-4)16(21)12-14/h5-9,12H,10-11,13,21H2,1-4H3,(H,22,23,24). The normalized spacial score (nSPS) is 11.3. The molecule has 0 aliphatic heterocycles. The van der Waals surface area contributed by atoms with Gasteiger partial charge in [-0.05, 0) is 63.3 Å². The SMILES string of the molecule is CSc1ccc(CCOCc2cccc(NC(=O)OC(C)(C)C)n2)cc1N. The van der Waals surface area contributed by atoms with Gasteiger partial charge in [0.2, 0.25) is 0 Å². The Morgan fingerprint density at radius 3 is 2.70 bits per heavy atom. The largest absolute Gasteiger partial charge is 0.444 e. The van der Waals surface area contributed by atoms with E-state index in [1.807, 2.05) is 51.3 Å². The number of nitrogens with zero attached hydrogens (tertiary/aromatic N) is 1. The van der Waals surface area contributed by atoms with Crippen molar-refractivity contribution >= 4 is 29.4 Å². The summed E-state index contributed by atoms with van der Waals surface area (Å²) in [6.07, 6.45) is 2.25. The van der Waals surface area contributed by atoms with Crippen molar-refractivity contribution in [1.29, 1.82) is 0 Å². The van der Waals surface area contributed by atoms with Crippen LogP contribution < -0.4 is 11.1 Å². The zero-order chi connectivity index (χ0) is 19.9. The number of amides is 1. The minimum absolute atomic E-state index is 0.363. The third-order valence-electron chi connectivity index (χ3n) is 3.51. The number of nitrogen functional groups attached to an aromatic ring is 1. The summed E-state index contributed by atoms with van der Waals surface area (Å²) in [5.41, 5.74) is 8.12. The molecule has 0 atom stereocenters. The fraction of sp³-hybridized carbons (Fsp3) is 0.400. The molecule has 146 valence electrons. The highest BCUT2D eigenvalue weighted by molar-refractivity contribution is 7.98. The summed E-state index contributed by atoms with van der Waals surface area (Å²) < 4.78 is 10.9. The molecular weight excluding hydrogens is 362 g/mol. The lowest BCUT2D eigenvalue weighted by atomic mass is 10.1. The molecule has 1 aromatic carbocycles. The van der Waals surface area contributed by atoms with E-state index in [-0.39, 0.29) is 0 Å². The molecule has 27 heavy (non-hydrogen) atoms. The first-order chi connectivity index (χ1) is 12.8. The first-order valence-electron chi connectivity index (χ1n) is 8.73. The minimum atomic E-state index is -0.553. The second kappa shape index (κ2) is 9.62. The highest BCUT2D eigenvalue weighted by atomic mass is 32.2. The molecule has 0 saturated carbocycles. The number of carbonyl (C=O) groups excluding carboxylic acids is 1. The van der Waals surface area contributed by atoms with E-state index in [1.165, 1.54) is 0 Å². The van der Waals surface area contributed by atoms with Crippen molar-refractivity contribution in [1.82, 2.24) is 4.98 Å². The number of hydrogen-bond donors (Lipinski definition) is 2. The van der Waals surface area contributed by atoms with Crippen LogP contribution in [0.1, 0.15) is 32.0 Å². The summed E-state index contributed by atoms with van der Waals surface area (Å²) in [6.45, 7) is 6.36. The van der Waals surface area contributed by atoms with E-state index in [1.54, 1.807) is 17.8 Å². The number of benzene rings is 1. The van der Waals surface area contributed by atoms with E-state index in [0.717, 1.165) is 28.3 Å². The van der Waals surface area contributed by atoms with Gasteiger partial charge in [0.25, 0.3) is 0 Å². The van der Waals surface area contributed by atoms with Crippen LogP contribution in [0, 0.1) is 0 Å². The molecule has 0 saturated heterocycles. The lowest BCUT2D eigenvalue weighted by Gasteiger charge is -2.19. The number of aromatic nitrogens is 1. The molecule has 2 aromatic rings. The highest BCUT2D eigenvalue weighted by Crippen LogP contribution is 2.23. The molecule has 0 bridgehead atoms. The Labute approximate surface area is 164 Å². The highest BCUT2D eigenvalue weighted by Gasteiger charge is 2.16. The van der Waals surface area contributed by atoms with Crippen molar-refractivity contribution < 1.29 is 14.3 Å². The number of hydrogen-bond acceptors (Lipinski definition) is 6. The quantitative estimate of drug-likeness (QED) is 0.412. The molecule has 1 heterocycles. The molecular formula is C20H27N3O3S. The number of carbonyl (C=O) groups is 1. The van der Waals surface area contributed by atoms with Crippen LogP contribution in [0.15, 0.2) is 41.3 Å². The van der Waals surface area contributed by atoms with Gasteiger partial charge in [-0.3, -0.25) is 5.32 Å². The molecule has 2 rings (SSSR count). The van der Waals surface area contributed by atoms with Crippen LogP contribution in [0.4, 0.5) is 16.3 Å². The molecule has 0 aliphatic carbocycles. The third-order valence-corrected chi connectivity index (χ3v) is 4.33. The minimum Gasteiger partial charge on any atom is -0.444 e. The fourth-order valence-corrected chi connectivity index (χ4v) is 2.84. The van der Waals surface area contributed by atoms with Crippen LogP contribution in [0.2, 0.25) is 0 Å². The van der Waals surface area contributed by atoms with Gasteiger partial charge in [-0.2, -0.15) is 0 Å². The Morgan fingerprint density at radius 2 is 2.04 bits per heavy atom. The van der Waals surface area contributed by atoms with Crippen LogP contribution in [-0.4, -0.2) is 29.5 Å². The van der Waals surface area contributed by atoms with E-state index in [9.17, 15) is 4.79 Å². The van der Waals surface area contributed by atoms with E-state index in [4.69, 9.17) is 15.2 Å². The Balaban J connectivity index is 1.81. The van der Waals surface area contributed by atoms with Gasteiger partial charge in [-0.15, -0.1) is 11.8 Å². The molecule has 1 aromatic heterocycles. The second-order valence-corrected chi connectivity index (χ2v) is 7.87. The van der Waals surface area contributed by atoms with Gasteiger partial charge in [0.1, 0.15) is 11.4 Å². The van der Waals surface area contributed by atoms with Crippen LogP contribution in [0.3, 0.4) is 0 Å². The predicted molar refractivity (Wildman–Crippen MR) is 110 cm³/mol. The van der Waals surface area contributed by atoms with E-state index < -0.39 is 11.7 Å². The smallest absolute Gasteiger partial charge is 0.413 e. The van der Waals surface area contributed by atoms with Gasteiger partial charge in [0, 0.05) is 10.6 Å². The second-order valence-electron chi connectivity index (χ2n) is 7.02. The van der Waals surface area contributed by atoms with Gasteiger partial charge in [-0.1, -0.05) is 12.1 Å². The molecule has 1 amide bonds. The number of nitrogens with two attached hydrogens (primary N) is 1. The Bertz CT molecular complexity index is 775. The summed E-state index contributed by atoms with van der Waals surface area (Å²) in [5.74, 6) is 0.436. The summed E-state index contributed by atoms with van der Waals surface area (Å²) in [5, 5.41) is 2.63. The third kappa shape index (κ3) is 7.48. The number of rotatable bonds is 7. The lowest BCUT2D eigenvalue weighted by molar-refractivity contribution is 0.0635. The van der Waals surface area contributed by atoms with Gasteiger partial charge < -0.3 is 15.2 Å². The number of nitrogens with one attached hydrogen (secondary N) is 1. The maximum Gasteiger partial charge on any atom is 0.413 e. The van der Waals surface area contributed by atoms with Crippen molar-refractivity contribution in [2.75, 3.05) is 23.9 Å². The molecule has 0 spiro atoms. The average molecular weight is 390 g/mol. The van der Waals surface area contributed by atoms with Crippen molar-refractivity contribution in [3.63, 3.8) is 0 Å². The maximum absolute atomic E-state index is 11.8. The zero-order valence-corrected chi connectivity index (χ0v) is 17.1. The first kappa shape index (κ1) is 21.1. The Morgan fingerprint density at radius 1 is 1.26 bits per heavy atom. The van der Waals surface area contributed by atoms with Crippen LogP contribution >= 0.6 is 11.8 Å². The fourth-order valence-electron chi connectivity index (χ4n) is 2.34. The maximum atomic E-state index is 11.8. The van der Waals surface area contributed by atoms with Crippen LogP contribution in [0.25, 0.3) is 0 Å². The molecule has 0 unspecified atom stereocenters. The van der Waals surface area contributed by atoms with Crippen LogP contribution in [0.5, 0.6) is 0 Å². The average Bonchev–Trinajstić information content (AvgIpc) is 2.57. The Kier molecular flexibility index (Phi) is 7.50. The Hall–Kier alpha value is -2.25. The van der Waals surface area contributed by atoms with Crippen molar-refractivity contribution in [3.8, 4) is 0 Å². The number of pyridine rings is 1. The van der Waals surface area contributed by atoms with Gasteiger partial charge in [0.05, 0.1) is 18.9 Å². The molecule has 0 radical (unpaired) electrons. The van der Waals surface area contributed by atoms with Crippen molar-refractivity contribution in [3.05, 3.63) is 47.7 Å². The van der Waals surface area contributed by atoms with Crippen LogP contribution in [-0.2, 0) is 22.5 Å². The van der Waals surface area contributed by atoms with E-state index in [0.29, 0.717) is 19.0 Å². The summed E-state index contributed by atoms with van der Waals surface area (Å²) in [6, 6.07) is 11.5. The molecule has 6 nitrogen and oxygen atoms in total. The molecule has 0 fully saturated rings. The van der Waals surface area contributed by atoms with E-state index >= 15 is 0 Å².